The number of halogens is 1. The molecule has 2 rings (SSSR count). The topological polar surface area (TPSA) is 97.1 Å². The highest BCUT2D eigenvalue weighted by molar-refractivity contribution is 6.01. The number of carbonyl (C=O) groups excluding carboxylic acids is 2. The van der Waals surface area contributed by atoms with Gasteiger partial charge in [-0.05, 0) is 18.9 Å². The lowest BCUT2D eigenvalue weighted by molar-refractivity contribution is -0.124. The summed E-state index contributed by atoms with van der Waals surface area (Å²) >= 11 is 0. The molecule has 1 fully saturated rings. The highest BCUT2D eigenvalue weighted by Crippen LogP contribution is 2.10. The van der Waals surface area contributed by atoms with E-state index in [1.54, 1.807) is 6.07 Å². The summed E-state index contributed by atoms with van der Waals surface area (Å²) in [5, 5.41) is 5.36. The van der Waals surface area contributed by atoms with Crippen LogP contribution in [0.4, 0.5) is 5.69 Å². The van der Waals surface area contributed by atoms with Gasteiger partial charge in [0.25, 0.3) is 5.91 Å². The number of anilines is 1. The summed E-state index contributed by atoms with van der Waals surface area (Å²) in [5.74, 6) is -0.510. The predicted octanol–water partition coefficient (Wildman–Crippen LogP) is 0.0940. The molecule has 98 valence electrons. The molecule has 1 aromatic heterocycles. The van der Waals surface area contributed by atoms with Crippen LogP contribution in [0.3, 0.4) is 0 Å². The molecule has 1 aliphatic rings. The molecule has 6 nitrogen and oxygen atoms in total. The molecule has 1 saturated heterocycles. The summed E-state index contributed by atoms with van der Waals surface area (Å²) in [7, 11) is 0. The Kier molecular flexibility index (Phi) is 4.91. The van der Waals surface area contributed by atoms with Crippen molar-refractivity contribution in [1.82, 2.24) is 15.6 Å². The van der Waals surface area contributed by atoms with Gasteiger partial charge in [-0.2, -0.15) is 0 Å². The summed E-state index contributed by atoms with van der Waals surface area (Å²) in [6, 6.07) is 1.08. The lowest BCUT2D eigenvalue weighted by Gasteiger charge is -2.22. The van der Waals surface area contributed by atoms with E-state index in [0.29, 0.717) is 24.2 Å². The molecule has 0 radical (unpaired) electrons. The Morgan fingerprint density at radius 1 is 1.56 bits per heavy atom. The van der Waals surface area contributed by atoms with Gasteiger partial charge in [0.1, 0.15) is 6.04 Å². The SMILES string of the molecule is Cl.Nc1ccncc1C(=O)NC1CCCNC1=O. The van der Waals surface area contributed by atoms with Crippen LogP contribution in [0.2, 0.25) is 0 Å². The molecule has 0 bridgehead atoms. The number of nitrogens with one attached hydrogen (secondary N) is 2. The van der Waals surface area contributed by atoms with Crippen molar-refractivity contribution in [2.75, 3.05) is 12.3 Å². The number of nitrogens with two attached hydrogens (primary N) is 1. The fourth-order valence-corrected chi connectivity index (χ4v) is 1.74. The minimum atomic E-state index is -0.476. The molecule has 0 spiro atoms. The van der Waals surface area contributed by atoms with Gasteiger partial charge in [-0.15, -0.1) is 12.4 Å². The number of hydrogen-bond acceptors (Lipinski definition) is 4. The molecule has 1 aliphatic heterocycles. The molecule has 2 heterocycles. The van der Waals surface area contributed by atoms with Crippen molar-refractivity contribution >= 4 is 29.9 Å². The molecule has 0 saturated carbocycles. The molecule has 0 aromatic carbocycles. The lowest BCUT2D eigenvalue weighted by atomic mass is 10.1. The van der Waals surface area contributed by atoms with Gasteiger partial charge < -0.3 is 16.4 Å². The van der Waals surface area contributed by atoms with E-state index in [4.69, 9.17) is 5.73 Å². The predicted molar refractivity (Wildman–Crippen MR) is 69.4 cm³/mol. The maximum absolute atomic E-state index is 11.9. The molecular weight excluding hydrogens is 256 g/mol. The fraction of sp³-hybridized carbons (Fsp3) is 0.364. The van der Waals surface area contributed by atoms with Gasteiger partial charge in [-0.3, -0.25) is 14.6 Å². The molecule has 1 aromatic rings. The third-order valence-corrected chi connectivity index (χ3v) is 2.69. The number of nitrogens with zero attached hydrogens (tertiary/aromatic N) is 1. The van der Waals surface area contributed by atoms with Crippen LogP contribution in [0.25, 0.3) is 0 Å². The number of aromatic nitrogens is 1. The number of amides is 2. The minimum absolute atomic E-state index is 0. The zero-order chi connectivity index (χ0) is 12.3. The summed E-state index contributed by atoms with van der Waals surface area (Å²) in [6.45, 7) is 0.667. The van der Waals surface area contributed by atoms with E-state index >= 15 is 0 Å². The van der Waals surface area contributed by atoms with Crippen molar-refractivity contribution in [2.45, 2.75) is 18.9 Å². The molecule has 4 N–H and O–H groups in total. The molecule has 7 heteroatoms. The van der Waals surface area contributed by atoms with Crippen LogP contribution in [0.15, 0.2) is 18.5 Å². The Hall–Kier alpha value is -1.82. The van der Waals surface area contributed by atoms with Gasteiger partial charge in [-0.1, -0.05) is 0 Å². The van der Waals surface area contributed by atoms with Gasteiger partial charge in [-0.25, -0.2) is 0 Å². The first kappa shape index (κ1) is 14.2. The Morgan fingerprint density at radius 2 is 2.33 bits per heavy atom. The van der Waals surface area contributed by atoms with Crippen molar-refractivity contribution in [2.24, 2.45) is 0 Å². The molecular formula is C11H15ClN4O2. The second kappa shape index (κ2) is 6.20. The van der Waals surface area contributed by atoms with Gasteiger partial charge in [0.15, 0.2) is 0 Å². The van der Waals surface area contributed by atoms with Crippen molar-refractivity contribution in [1.29, 1.82) is 0 Å². The van der Waals surface area contributed by atoms with Crippen LogP contribution in [0, 0.1) is 0 Å². The first-order chi connectivity index (χ1) is 8.18. The third kappa shape index (κ3) is 3.10. The van der Waals surface area contributed by atoms with Crippen LogP contribution < -0.4 is 16.4 Å². The van der Waals surface area contributed by atoms with Gasteiger partial charge in [0.2, 0.25) is 5.91 Å². The van der Waals surface area contributed by atoms with E-state index in [-0.39, 0.29) is 24.2 Å². The van der Waals surface area contributed by atoms with Crippen LogP contribution in [0.5, 0.6) is 0 Å². The quantitative estimate of drug-likeness (QED) is 0.710. The van der Waals surface area contributed by atoms with Gasteiger partial charge in [0, 0.05) is 24.6 Å². The van der Waals surface area contributed by atoms with Gasteiger partial charge >= 0.3 is 0 Å². The molecule has 1 atom stereocenters. The van der Waals surface area contributed by atoms with Crippen molar-refractivity contribution in [3.05, 3.63) is 24.0 Å². The Balaban J connectivity index is 0.00000162. The zero-order valence-electron chi connectivity index (χ0n) is 9.68. The van der Waals surface area contributed by atoms with Crippen LogP contribution in [-0.2, 0) is 4.79 Å². The molecule has 2 amide bonds. The monoisotopic (exact) mass is 270 g/mol. The van der Waals surface area contributed by atoms with E-state index in [9.17, 15) is 9.59 Å². The van der Waals surface area contributed by atoms with Crippen molar-refractivity contribution in [3.63, 3.8) is 0 Å². The highest BCUT2D eigenvalue weighted by atomic mass is 35.5. The highest BCUT2D eigenvalue weighted by Gasteiger charge is 2.24. The summed E-state index contributed by atoms with van der Waals surface area (Å²) < 4.78 is 0. The number of pyridine rings is 1. The Morgan fingerprint density at radius 3 is 3.00 bits per heavy atom. The number of piperidine rings is 1. The molecule has 18 heavy (non-hydrogen) atoms. The molecule has 0 aliphatic carbocycles. The average Bonchev–Trinajstić information content (AvgIpc) is 2.32. The standard InChI is InChI=1S/C11H14N4O2.ClH/c12-8-3-5-13-6-7(8)10(16)15-9-2-1-4-14-11(9)17;/h3,5-6,9H,1-2,4H2,(H2,12,13)(H,14,17)(H,15,16);1H. The number of rotatable bonds is 2. The van der Waals surface area contributed by atoms with Crippen LogP contribution in [0.1, 0.15) is 23.2 Å². The minimum Gasteiger partial charge on any atom is -0.398 e. The first-order valence-electron chi connectivity index (χ1n) is 5.46. The number of carbonyl (C=O) groups is 2. The molecule has 1 unspecified atom stereocenters. The van der Waals surface area contributed by atoms with Gasteiger partial charge in [0.05, 0.1) is 5.56 Å². The Bertz CT molecular complexity index is 452. The lowest BCUT2D eigenvalue weighted by Crippen LogP contribution is -2.50. The maximum atomic E-state index is 11.9. The van der Waals surface area contributed by atoms with Crippen LogP contribution in [-0.4, -0.2) is 29.4 Å². The third-order valence-electron chi connectivity index (χ3n) is 2.69. The Labute approximate surface area is 111 Å². The second-order valence-electron chi connectivity index (χ2n) is 3.92. The zero-order valence-corrected chi connectivity index (χ0v) is 10.5. The maximum Gasteiger partial charge on any atom is 0.255 e. The van der Waals surface area contributed by atoms with E-state index in [1.807, 2.05) is 0 Å². The second-order valence-corrected chi connectivity index (χ2v) is 3.92. The number of nitrogen functional groups attached to an aromatic ring is 1. The summed E-state index contributed by atoms with van der Waals surface area (Å²) in [4.78, 5) is 27.2. The normalized spacial score (nSPS) is 18.4. The van der Waals surface area contributed by atoms with E-state index in [1.165, 1.54) is 12.4 Å². The fourth-order valence-electron chi connectivity index (χ4n) is 1.74. The van der Waals surface area contributed by atoms with E-state index in [0.717, 1.165) is 6.42 Å². The smallest absolute Gasteiger partial charge is 0.255 e. The summed E-state index contributed by atoms with van der Waals surface area (Å²) in [5.41, 5.74) is 6.31. The van der Waals surface area contributed by atoms with Crippen molar-refractivity contribution < 1.29 is 9.59 Å². The van der Waals surface area contributed by atoms with E-state index in [2.05, 4.69) is 15.6 Å². The summed E-state index contributed by atoms with van der Waals surface area (Å²) in [6.07, 6.45) is 4.42. The average molecular weight is 271 g/mol. The van der Waals surface area contributed by atoms with E-state index < -0.39 is 6.04 Å². The van der Waals surface area contributed by atoms with Crippen LogP contribution >= 0.6 is 12.4 Å². The number of hydrogen-bond donors (Lipinski definition) is 3. The van der Waals surface area contributed by atoms with Crippen molar-refractivity contribution in [3.8, 4) is 0 Å². The largest absolute Gasteiger partial charge is 0.398 e. The first-order valence-corrected chi connectivity index (χ1v) is 5.46.